The van der Waals surface area contributed by atoms with Gasteiger partial charge in [0.15, 0.2) is 0 Å². The molecule has 0 bridgehead atoms. The molecule has 0 unspecified atom stereocenters. The summed E-state index contributed by atoms with van der Waals surface area (Å²) in [6, 6.07) is 6.52. The summed E-state index contributed by atoms with van der Waals surface area (Å²) < 4.78 is 0. The van der Waals surface area contributed by atoms with Crippen LogP contribution >= 0.6 is 0 Å². The third-order valence-corrected chi connectivity index (χ3v) is 2.52. The second-order valence-electron chi connectivity index (χ2n) is 3.78. The van der Waals surface area contributed by atoms with Gasteiger partial charge in [0.05, 0.1) is 24.4 Å². The summed E-state index contributed by atoms with van der Waals surface area (Å²) in [4.78, 5) is 6.48. The van der Waals surface area contributed by atoms with Crippen molar-refractivity contribution in [2.75, 3.05) is 17.2 Å². The second-order valence-corrected chi connectivity index (χ2v) is 3.78. The highest BCUT2D eigenvalue weighted by molar-refractivity contribution is 5.47. The quantitative estimate of drug-likeness (QED) is 0.804. The molecule has 1 aliphatic rings. The highest BCUT2D eigenvalue weighted by atomic mass is 15.2. The topological polar surface area (TPSA) is 65.9 Å². The number of nitrogens with zero attached hydrogens (tertiary/aromatic N) is 3. The van der Waals surface area contributed by atoms with Gasteiger partial charge >= 0.3 is 0 Å². The molecule has 1 heterocycles. The van der Waals surface area contributed by atoms with E-state index in [9.17, 15) is 0 Å². The van der Waals surface area contributed by atoms with Crippen LogP contribution < -0.4 is 10.6 Å². The average molecular weight is 202 g/mol. The van der Waals surface area contributed by atoms with Crippen LogP contribution in [0.3, 0.4) is 0 Å². The molecule has 0 saturated heterocycles. The largest absolute Gasteiger partial charge is 0.397 e. The summed E-state index contributed by atoms with van der Waals surface area (Å²) in [5, 5.41) is 8.59. The van der Waals surface area contributed by atoms with E-state index in [2.05, 4.69) is 16.0 Å². The molecule has 0 amide bonds. The Labute approximate surface area is 89.3 Å². The number of anilines is 2. The standard InChI is InChI=1S/C11H14N4/c12-6-1-7-15(10-3-4-10)11-5-2-9(13)8-14-11/h2,5,8,10H,1,3-4,7,13H2. The molecule has 1 aromatic heterocycles. The predicted octanol–water partition coefficient (Wildman–Crippen LogP) is 1.55. The fourth-order valence-corrected chi connectivity index (χ4v) is 1.61. The first-order chi connectivity index (χ1) is 7.31. The lowest BCUT2D eigenvalue weighted by atomic mass is 10.3. The van der Waals surface area contributed by atoms with Crippen molar-refractivity contribution in [1.29, 1.82) is 5.26 Å². The Balaban J connectivity index is 2.10. The van der Waals surface area contributed by atoms with E-state index in [0.717, 1.165) is 12.4 Å². The summed E-state index contributed by atoms with van der Waals surface area (Å²) in [5.74, 6) is 0.932. The molecular formula is C11H14N4. The first kappa shape index (κ1) is 9.78. The van der Waals surface area contributed by atoms with Crippen molar-refractivity contribution in [3.63, 3.8) is 0 Å². The van der Waals surface area contributed by atoms with E-state index >= 15 is 0 Å². The van der Waals surface area contributed by atoms with Crippen molar-refractivity contribution >= 4 is 11.5 Å². The molecule has 1 saturated carbocycles. The number of nitrogen functional groups attached to an aromatic ring is 1. The molecule has 0 spiro atoms. The van der Waals surface area contributed by atoms with E-state index in [4.69, 9.17) is 11.0 Å². The Morgan fingerprint density at radius 3 is 2.87 bits per heavy atom. The van der Waals surface area contributed by atoms with Crippen molar-refractivity contribution in [3.8, 4) is 6.07 Å². The van der Waals surface area contributed by atoms with Crippen LogP contribution in [0.1, 0.15) is 19.3 Å². The average Bonchev–Trinajstić information content (AvgIpc) is 3.05. The lowest BCUT2D eigenvalue weighted by Gasteiger charge is -2.22. The molecule has 4 nitrogen and oxygen atoms in total. The van der Waals surface area contributed by atoms with Crippen molar-refractivity contribution in [2.24, 2.45) is 0 Å². The van der Waals surface area contributed by atoms with Crippen LogP contribution in [0.5, 0.6) is 0 Å². The highest BCUT2D eigenvalue weighted by Gasteiger charge is 2.29. The smallest absolute Gasteiger partial charge is 0.128 e. The maximum Gasteiger partial charge on any atom is 0.128 e. The zero-order valence-electron chi connectivity index (χ0n) is 8.56. The van der Waals surface area contributed by atoms with Crippen molar-refractivity contribution in [1.82, 2.24) is 4.98 Å². The Morgan fingerprint density at radius 1 is 1.53 bits per heavy atom. The summed E-state index contributed by atoms with van der Waals surface area (Å²) in [5.41, 5.74) is 6.26. The molecule has 1 fully saturated rings. The molecule has 0 aromatic carbocycles. The van der Waals surface area contributed by atoms with Gasteiger partial charge in [0.2, 0.25) is 0 Å². The van der Waals surface area contributed by atoms with Gasteiger partial charge in [-0.25, -0.2) is 4.98 Å². The van der Waals surface area contributed by atoms with Gasteiger partial charge in [-0.3, -0.25) is 0 Å². The summed E-state index contributed by atoms with van der Waals surface area (Å²) >= 11 is 0. The Kier molecular flexibility index (Phi) is 2.72. The number of hydrogen-bond acceptors (Lipinski definition) is 4. The molecule has 1 aromatic rings. The van der Waals surface area contributed by atoms with Gasteiger partial charge in [0, 0.05) is 12.6 Å². The number of nitriles is 1. The zero-order chi connectivity index (χ0) is 10.7. The minimum atomic E-state index is 0.544. The van der Waals surface area contributed by atoms with Gasteiger partial charge in [-0.15, -0.1) is 0 Å². The van der Waals surface area contributed by atoms with Crippen LogP contribution in [0.2, 0.25) is 0 Å². The van der Waals surface area contributed by atoms with Crippen LogP contribution in [-0.2, 0) is 0 Å². The molecule has 78 valence electrons. The lowest BCUT2D eigenvalue weighted by Crippen LogP contribution is -2.27. The highest BCUT2D eigenvalue weighted by Crippen LogP contribution is 2.30. The molecule has 4 heteroatoms. The maximum absolute atomic E-state index is 8.59. The van der Waals surface area contributed by atoms with Crippen LogP contribution in [0.25, 0.3) is 0 Å². The lowest BCUT2D eigenvalue weighted by molar-refractivity contribution is 0.778. The monoisotopic (exact) mass is 202 g/mol. The Morgan fingerprint density at radius 2 is 2.33 bits per heavy atom. The molecular weight excluding hydrogens is 188 g/mol. The SMILES string of the molecule is N#CCCN(c1ccc(N)cn1)C1CC1. The fraction of sp³-hybridized carbons (Fsp3) is 0.455. The van der Waals surface area contributed by atoms with Crippen molar-refractivity contribution < 1.29 is 0 Å². The van der Waals surface area contributed by atoms with Crippen LogP contribution in [0.4, 0.5) is 11.5 Å². The van der Waals surface area contributed by atoms with Gasteiger partial charge < -0.3 is 10.6 Å². The summed E-state index contributed by atoms with van der Waals surface area (Å²) in [7, 11) is 0. The molecule has 15 heavy (non-hydrogen) atoms. The predicted molar refractivity (Wildman–Crippen MR) is 59.2 cm³/mol. The summed E-state index contributed by atoms with van der Waals surface area (Å²) in [6.45, 7) is 0.762. The van der Waals surface area contributed by atoms with E-state index in [-0.39, 0.29) is 0 Å². The molecule has 2 rings (SSSR count). The number of aromatic nitrogens is 1. The Bertz CT molecular complexity index is 361. The third kappa shape index (κ3) is 2.38. The van der Waals surface area contributed by atoms with Gasteiger partial charge in [0.1, 0.15) is 5.82 Å². The van der Waals surface area contributed by atoms with E-state index in [0.29, 0.717) is 18.2 Å². The minimum absolute atomic E-state index is 0.544. The number of rotatable bonds is 4. The van der Waals surface area contributed by atoms with E-state index in [1.54, 1.807) is 6.20 Å². The number of nitrogens with two attached hydrogens (primary N) is 1. The van der Waals surface area contributed by atoms with E-state index < -0.39 is 0 Å². The number of pyridine rings is 1. The van der Waals surface area contributed by atoms with Gasteiger partial charge in [-0.05, 0) is 25.0 Å². The fourth-order valence-electron chi connectivity index (χ4n) is 1.61. The maximum atomic E-state index is 8.59. The van der Waals surface area contributed by atoms with Crippen LogP contribution in [0.15, 0.2) is 18.3 Å². The van der Waals surface area contributed by atoms with Gasteiger partial charge in [0.25, 0.3) is 0 Å². The first-order valence-corrected chi connectivity index (χ1v) is 5.16. The van der Waals surface area contributed by atoms with Crippen LogP contribution in [0, 0.1) is 11.3 Å². The third-order valence-electron chi connectivity index (χ3n) is 2.52. The molecule has 1 aliphatic carbocycles. The van der Waals surface area contributed by atoms with Crippen molar-refractivity contribution in [3.05, 3.63) is 18.3 Å². The zero-order valence-corrected chi connectivity index (χ0v) is 8.56. The minimum Gasteiger partial charge on any atom is -0.397 e. The molecule has 2 N–H and O–H groups in total. The molecule has 0 radical (unpaired) electrons. The second kappa shape index (κ2) is 4.18. The van der Waals surface area contributed by atoms with E-state index in [1.165, 1.54) is 12.8 Å². The molecule has 0 aliphatic heterocycles. The number of hydrogen-bond donors (Lipinski definition) is 1. The van der Waals surface area contributed by atoms with Gasteiger partial charge in [-0.2, -0.15) is 5.26 Å². The normalized spacial score (nSPS) is 14.6. The van der Waals surface area contributed by atoms with Crippen molar-refractivity contribution in [2.45, 2.75) is 25.3 Å². The van der Waals surface area contributed by atoms with Crippen LogP contribution in [-0.4, -0.2) is 17.6 Å². The Hall–Kier alpha value is -1.76. The molecule has 0 atom stereocenters. The summed E-state index contributed by atoms with van der Waals surface area (Å²) in [6.07, 6.45) is 4.62. The van der Waals surface area contributed by atoms with Gasteiger partial charge in [-0.1, -0.05) is 0 Å². The first-order valence-electron chi connectivity index (χ1n) is 5.16. The van der Waals surface area contributed by atoms with E-state index in [1.807, 2.05) is 12.1 Å².